The first-order chi connectivity index (χ1) is 10.8. The monoisotopic (exact) mass is 296 g/mol. The lowest BCUT2D eigenvalue weighted by Crippen LogP contribution is -2.50. The molecule has 0 unspecified atom stereocenters. The molecule has 3 nitrogen and oxygen atoms in total. The molecule has 0 aromatic heterocycles. The van der Waals surface area contributed by atoms with Crippen LogP contribution in [0.1, 0.15) is 44.1 Å². The number of carbonyl (C=O) groups excluding carboxylic acids is 1. The summed E-state index contributed by atoms with van der Waals surface area (Å²) in [7, 11) is 0. The van der Waals surface area contributed by atoms with Gasteiger partial charge in [0.2, 0.25) is 5.91 Å². The largest absolute Gasteiger partial charge is 0.315 e. The van der Waals surface area contributed by atoms with Gasteiger partial charge in [-0.15, -0.1) is 0 Å². The molecule has 1 aromatic carbocycles. The van der Waals surface area contributed by atoms with Crippen molar-refractivity contribution in [1.82, 2.24) is 5.32 Å². The number of nitrogens with one attached hydrogen (secondary N) is 1. The van der Waals surface area contributed by atoms with E-state index in [0.717, 1.165) is 26.1 Å². The molecule has 3 heteroatoms. The number of carbonyl (C=O) groups is 1. The minimum absolute atomic E-state index is 0.119. The highest BCUT2D eigenvalue weighted by molar-refractivity contribution is 6.01. The predicted octanol–water partition coefficient (Wildman–Crippen LogP) is 2.84. The molecule has 2 atom stereocenters. The quantitative estimate of drug-likeness (QED) is 0.864. The van der Waals surface area contributed by atoms with Crippen molar-refractivity contribution in [3.63, 3.8) is 0 Å². The van der Waals surface area contributed by atoms with Gasteiger partial charge in [-0.2, -0.15) is 0 Å². The first-order valence-electron chi connectivity index (χ1n) is 8.87. The summed E-state index contributed by atoms with van der Waals surface area (Å²) in [4.78, 5) is 15.7. The van der Waals surface area contributed by atoms with E-state index in [4.69, 9.17) is 0 Å². The lowest BCUT2D eigenvalue weighted by atomic mass is 9.67. The summed E-state index contributed by atoms with van der Waals surface area (Å²) in [6.07, 6.45) is 7.31. The molecular weight excluding hydrogens is 272 g/mol. The number of nitrogens with zero attached hydrogens (tertiary/aromatic N) is 1. The molecule has 2 aliphatic carbocycles. The Morgan fingerprint density at radius 1 is 1.18 bits per heavy atom. The fourth-order valence-electron chi connectivity index (χ4n) is 5.33. The van der Waals surface area contributed by atoms with Crippen LogP contribution in [0.2, 0.25) is 0 Å². The van der Waals surface area contributed by atoms with Crippen molar-refractivity contribution in [2.75, 3.05) is 24.5 Å². The van der Waals surface area contributed by atoms with Crippen LogP contribution in [0.25, 0.3) is 0 Å². The third-order valence-electron chi connectivity index (χ3n) is 6.79. The van der Waals surface area contributed by atoms with Crippen LogP contribution in [-0.2, 0) is 10.2 Å². The summed E-state index contributed by atoms with van der Waals surface area (Å²) in [5.74, 6) is 0.968. The molecule has 1 amide bonds. The van der Waals surface area contributed by atoms with Crippen molar-refractivity contribution in [3.8, 4) is 0 Å². The molecule has 1 N–H and O–H groups in total. The van der Waals surface area contributed by atoms with E-state index < -0.39 is 0 Å². The highest BCUT2D eigenvalue weighted by Crippen LogP contribution is 2.57. The van der Waals surface area contributed by atoms with E-state index in [2.05, 4.69) is 34.5 Å². The van der Waals surface area contributed by atoms with Crippen LogP contribution in [0.4, 0.5) is 5.69 Å². The van der Waals surface area contributed by atoms with E-state index in [0.29, 0.717) is 17.2 Å². The maximum absolute atomic E-state index is 13.6. The molecule has 2 heterocycles. The Bertz CT molecular complexity index is 636. The zero-order chi connectivity index (χ0) is 14.8. The Labute approximate surface area is 132 Å². The SMILES string of the molecule is O=C(N1CC2(CC2)c2ccccc21)[C@@]12CCCC[C@H]1CNC2. The molecule has 0 bridgehead atoms. The molecule has 1 spiro atoms. The number of hydrogen-bond donors (Lipinski definition) is 1. The number of hydrogen-bond acceptors (Lipinski definition) is 2. The van der Waals surface area contributed by atoms with E-state index in [1.54, 1.807) is 0 Å². The fraction of sp³-hybridized carbons (Fsp3) is 0.632. The van der Waals surface area contributed by atoms with Gasteiger partial charge in [-0.1, -0.05) is 31.0 Å². The van der Waals surface area contributed by atoms with Crippen molar-refractivity contribution >= 4 is 11.6 Å². The van der Waals surface area contributed by atoms with Crippen molar-refractivity contribution in [3.05, 3.63) is 29.8 Å². The fourth-order valence-corrected chi connectivity index (χ4v) is 5.33. The second-order valence-electron chi connectivity index (χ2n) is 7.92. The molecular formula is C19H24N2O. The maximum atomic E-state index is 13.6. The lowest BCUT2D eigenvalue weighted by Gasteiger charge is -2.40. The molecule has 3 fully saturated rings. The van der Waals surface area contributed by atoms with Gasteiger partial charge in [0.25, 0.3) is 0 Å². The molecule has 1 aromatic rings. The summed E-state index contributed by atoms with van der Waals surface area (Å²) in [6, 6.07) is 8.63. The van der Waals surface area contributed by atoms with Gasteiger partial charge >= 0.3 is 0 Å². The third-order valence-corrected chi connectivity index (χ3v) is 6.79. The molecule has 5 rings (SSSR count). The van der Waals surface area contributed by atoms with Crippen molar-refractivity contribution in [2.45, 2.75) is 43.9 Å². The number of amides is 1. The third kappa shape index (κ3) is 1.58. The topological polar surface area (TPSA) is 32.3 Å². The number of rotatable bonds is 1. The minimum Gasteiger partial charge on any atom is -0.315 e. The average Bonchev–Trinajstić information content (AvgIpc) is 3.08. The molecule has 1 saturated heterocycles. The van der Waals surface area contributed by atoms with Gasteiger partial charge in [-0.25, -0.2) is 0 Å². The van der Waals surface area contributed by atoms with Crippen LogP contribution in [0.15, 0.2) is 24.3 Å². The smallest absolute Gasteiger partial charge is 0.234 e. The summed E-state index contributed by atoms with van der Waals surface area (Å²) in [6.45, 7) is 2.86. The Morgan fingerprint density at radius 2 is 2.05 bits per heavy atom. The summed E-state index contributed by atoms with van der Waals surface area (Å²) in [5, 5.41) is 3.52. The number of para-hydroxylation sites is 1. The first-order valence-corrected chi connectivity index (χ1v) is 8.87. The zero-order valence-electron chi connectivity index (χ0n) is 13.1. The summed E-state index contributed by atoms with van der Waals surface area (Å²) in [5.41, 5.74) is 2.82. The van der Waals surface area contributed by atoms with Gasteiger partial charge in [0, 0.05) is 24.2 Å². The zero-order valence-corrected chi connectivity index (χ0v) is 13.1. The molecule has 22 heavy (non-hydrogen) atoms. The predicted molar refractivity (Wildman–Crippen MR) is 87.0 cm³/mol. The Kier molecular flexibility index (Phi) is 2.59. The summed E-state index contributed by atoms with van der Waals surface area (Å²) < 4.78 is 0. The van der Waals surface area contributed by atoms with Gasteiger partial charge < -0.3 is 10.2 Å². The van der Waals surface area contributed by atoms with Gasteiger partial charge in [0.15, 0.2) is 0 Å². The van der Waals surface area contributed by atoms with Gasteiger partial charge in [0.1, 0.15) is 0 Å². The molecule has 2 aliphatic heterocycles. The van der Waals surface area contributed by atoms with E-state index in [9.17, 15) is 4.79 Å². The lowest BCUT2D eigenvalue weighted by molar-refractivity contribution is -0.131. The van der Waals surface area contributed by atoms with Gasteiger partial charge in [-0.05, 0) is 49.8 Å². The highest BCUT2D eigenvalue weighted by Gasteiger charge is 2.57. The molecule has 116 valence electrons. The van der Waals surface area contributed by atoms with Crippen molar-refractivity contribution in [1.29, 1.82) is 0 Å². The minimum atomic E-state index is -0.119. The second-order valence-corrected chi connectivity index (χ2v) is 7.92. The molecule has 2 saturated carbocycles. The van der Waals surface area contributed by atoms with Crippen LogP contribution >= 0.6 is 0 Å². The average molecular weight is 296 g/mol. The van der Waals surface area contributed by atoms with Crippen molar-refractivity contribution in [2.24, 2.45) is 11.3 Å². The second kappa shape index (κ2) is 4.35. The van der Waals surface area contributed by atoms with E-state index in [-0.39, 0.29) is 5.41 Å². The van der Waals surface area contributed by atoms with Crippen LogP contribution in [0.3, 0.4) is 0 Å². The summed E-state index contributed by atoms with van der Waals surface area (Å²) >= 11 is 0. The molecule has 0 radical (unpaired) electrons. The Morgan fingerprint density at radius 3 is 2.91 bits per heavy atom. The highest BCUT2D eigenvalue weighted by atomic mass is 16.2. The maximum Gasteiger partial charge on any atom is 0.234 e. The number of fused-ring (bicyclic) bond motifs is 3. The van der Waals surface area contributed by atoms with Gasteiger partial charge in [-0.3, -0.25) is 4.79 Å². The number of benzene rings is 1. The van der Waals surface area contributed by atoms with E-state index in [1.165, 1.54) is 43.4 Å². The standard InChI is InChI=1S/C19H24N2O/c22-17(19-8-4-3-5-14(19)11-20-12-19)21-13-18(9-10-18)15-6-1-2-7-16(15)21/h1-2,6-7,14,20H,3-5,8-13H2/t14-,19+/m0/s1. The number of anilines is 1. The van der Waals surface area contributed by atoms with Crippen LogP contribution in [0, 0.1) is 11.3 Å². The first kappa shape index (κ1) is 13.1. The van der Waals surface area contributed by atoms with Crippen LogP contribution in [0.5, 0.6) is 0 Å². The van der Waals surface area contributed by atoms with Crippen molar-refractivity contribution < 1.29 is 4.79 Å². The molecule has 4 aliphatic rings. The Hall–Kier alpha value is -1.35. The van der Waals surface area contributed by atoms with E-state index >= 15 is 0 Å². The Balaban J connectivity index is 1.54. The van der Waals surface area contributed by atoms with Crippen LogP contribution in [-0.4, -0.2) is 25.5 Å². The normalized spacial score (nSPS) is 34.5. The van der Waals surface area contributed by atoms with Crippen LogP contribution < -0.4 is 10.2 Å². The van der Waals surface area contributed by atoms with Gasteiger partial charge in [0.05, 0.1) is 5.41 Å². The van der Waals surface area contributed by atoms with E-state index in [1.807, 2.05) is 0 Å².